The lowest BCUT2D eigenvalue weighted by Crippen LogP contribution is -2.06. The number of methoxy groups -OCH3 is 1. The molecule has 0 N–H and O–H groups in total. The quantitative estimate of drug-likeness (QED) is 0.801. The Kier molecular flexibility index (Phi) is 3.67. The maximum atomic E-state index is 11.2. The third kappa shape index (κ3) is 2.71. The molecule has 1 aromatic heterocycles. The first kappa shape index (κ1) is 12.6. The van der Waals surface area contributed by atoms with Crippen LogP contribution in [0.2, 0.25) is 5.02 Å². The van der Waals surface area contributed by atoms with E-state index in [1.165, 1.54) is 7.11 Å². The van der Waals surface area contributed by atoms with Crippen molar-refractivity contribution in [2.75, 3.05) is 7.11 Å². The first-order chi connectivity index (χ1) is 8.60. The van der Waals surface area contributed by atoms with Gasteiger partial charge in [-0.3, -0.25) is 4.79 Å². The van der Waals surface area contributed by atoms with Crippen LogP contribution in [0.25, 0.3) is 5.69 Å². The van der Waals surface area contributed by atoms with Crippen LogP contribution in [-0.2, 0) is 16.0 Å². The fourth-order valence-electron chi connectivity index (χ4n) is 1.69. The van der Waals surface area contributed by atoms with Crippen molar-refractivity contribution in [2.24, 2.45) is 0 Å². The normalized spacial score (nSPS) is 10.4. The second kappa shape index (κ2) is 5.23. The van der Waals surface area contributed by atoms with Gasteiger partial charge in [-0.15, -0.1) is 0 Å². The SMILES string of the molecule is COC(=O)Cc1cc(C)n(-c2ccc(Cl)cc2)n1. The lowest BCUT2D eigenvalue weighted by molar-refractivity contribution is -0.139. The van der Waals surface area contributed by atoms with Gasteiger partial charge in [0.05, 0.1) is 24.9 Å². The maximum absolute atomic E-state index is 11.2. The molecule has 2 rings (SSSR count). The Morgan fingerprint density at radius 1 is 1.39 bits per heavy atom. The standard InChI is InChI=1S/C13H13ClN2O2/c1-9-7-11(8-13(17)18-2)15-16(9)12-5-3-10(14)4-6-12/h3-7H,8H2,1-2H3. The molecule has 0 amide bonds. The number of carbonyl (C=O) groups is 1. The van der Waals surface area contributed by atoms with Crippen molar-refractivity contribution in [3.8, 4) is 5.69 Å². The zero-order valence-corrected chi connectivity index (χ0v) is 10.9. The molecule has 4 nitrogen and oxygen atoms in total. The van der Waals surface area contributed by atoms with Gasteiger partial charge >= 0.3 is 5.97 Å². The molecule has 1 heterocycles. The van der Waals surface area contributed by atoms with Crippen molar-refractivity contribution in [1.29, 1.82) is 0 Å². The number of hydrogen-bond donors (Lipinski definition) is 0. The van der Waals surface area contributed by atoms with Gasteiger partial charge in [0, 0.05) is 10.7 Å². The zero-order chi connectivity index (χ0) is 13.1. The van der Waals surface area contributed by atoms with E-state index in [4.69, 9.17) is 11.6 Å². The van der Waals surface area contributed by atoms with Gasteiger partial charge in [-0.1, -0.05) is 11.6 Å². The van der Waals surface area contributed by atoms with Crippen molar-refractivity contribution in [1.82, 2.24) is 9.78 Å². The first-order valence-electron chi connectivity index (χ1n) is 5.48. The van der Waals surface area contributed by atoms with Gasteiger partial charge in [-0.25, -0.2) is 4.68 Å². The van der Waals surface area contributed by atoms with E-state index in [0.29, 0.717) is 10.7 Å². The fraction of sp³-hybridized carbons (Fsp3) is 0.231. The second-order valence-electron chi connectivity index (χ2n) is 3.92. The van der Waals surface area contributed by atoms with Crippen LogP contribution in [0.4, 0.5) is 0 Å². The monoisotopic (exact) mass is 264 g/mol. The molecular weight excluding hydrogens is 252 g/mol. The van der Waals surface area contributed by atoms with E-state index in [9.17, 15) is 4.79 Å². The van der Waals surface area contributed by atoms with E-state index >= 15 is 0 Å². The Balaban J connectivity index is 2.29. The number of carbonyl (C=O) groups excluding carboxylic acids is 1. The Bertz CT molecular complexity index is 561. The summed E-state index contributed by atoms with van der Waals surface area (Å²) in [6.45, 7) is 1.93. The highest BCUT2D eigenvalue weighted by atomic mass is 35.5. The van der Waals surface area contributed by atoms with Crippen LogP contribution in [0.3, 0.4) is 0 Å². The molecule has 0 unspecified atom stereocenters. The maximum Gasteiger partial charge on any atom is 0.311 e. The summed E-state index contributed by atoms with van der Waals surface area (Å²) in [5.74, 6) is -0.296. The number of ether oxygens (including phenoxy) is 1. The van der Waals surface area contributed by atoms with E-state index in [1.54, 1.807) is 16.8 Å². The van der Waals surface area contributed by atoms with Crippen LogP contribution < -0.4 is 0 Å². The van der Waals surface area contributed by atoms with Crippen molar-refractivity contribution in [2.45, 2.75) is 13.3 Å². The van der Waals surface area contributed by atoms with Crippen LogP contribution in [0, 0.1) is 6.92 Å². The van der Waals surface area contributed by atoms with Gasteiger partial charge in [-0.2, -0.15) is 5.10 Å². The van der Waals surface area contributed by atoms with E-state index in [0.717, 1.165) is 11.4 Å². The molecule has 5 heteroatoms. The third-order valence-corrected chi connectivity index (χ3v) is 2.81. The molecule has 2 aromatic rings. The number of halogens is 1. The highest BCUT2D eigenvalue weighted by Crippen LogP contribution is 2.15. The molecule has 0 atom stereocenters. The van der Waals surface area contributed by atoms with Crippen LogP contribution in [0.1, 0.15) is 11.4 Å². The van der Waals surface area contributed by atoms with Crippen LogP contribution in [0.15, 0.2) is 30.3 Å². The Morgan fingerprint density at radius 2 is 2.06 bits per heavy atom. The average Bonchev–Trinajstić information content (AvgIpc) is 2.71. The molecule has 1 aromatic carbocycles. The average molecular weight is 265 g/mol. The number of benzene rings is 1. The lowest BCUT2D eigenvalue weighted by Gasteiger charge is -2.03. The van der Waals surface area contributed by atoms with Gasteiger partial charge in [0.2, 0.25) is 0 Å². The highest BCUT2D eigenvalue weighted by molar-refractivity contribution is 6.30. The number of hydrogen-bond acceptors (Lipinski definition) is 3. The van der Waals surface area contributed by atoms with E-state index < -0.39 is 0 Å². The smallest absolute Gasteiger partial charge is 0.311 e. The first-order valence-corrected chi connectivity index (χ1v) is 5.86. The van der Waals surface area contributed by atoms with Gasteiger partial charge in [-0.05, 0) is 37.3 Å². The minimum atomic E-state index is -0.296. The Hall–Kier alpha value is -1.81. The van der Waals surface area contributed by atoms with Crippen LogP contribution in [-0.4, -0.2) is 22.9 Å². The largest absolute Gasteiger partial charge is 0.469 e. The number of rotatable bonds is 3. The van der Waals surface area contributed by atoms with Crippen molar-refractivity contribution >= 4 is 17.6 Å². The van der Waals surface area contributed by atoms with Crippen LogP contribution >= 0.6 is 11.6 Å². The Labute approximate surface area is 110 Å². The third-order valence-electron chi connectivity index (χ3n) is 2.56. The van der Waals surface area contributed by atoms with Crippen molar-refractivity contribution < 1.29 is 9.53 Å². The van der Waals surface area contributed by atoms with Crippen LogP contribution in [0.5, 0.6) is 0 Å². The highest BCUT2D eigenvalue weighted by Gasteiger charge is 2.10. The van der Waals surface area contributed by atoms with E-state index in [-0.39, 0.29) is 12.4 Å². The summed E-state index contributed by atoms with van der Waals surface area (Å²) in [5.41, 5.74) is 2.55. The topological polar surface area (TPSA) is 44.1 Å². The molecule has 0 aliphatic carbocycles. The summed E-state index contributed by atoms with van der Waals surface area (Å²) < 4.78 is 6.39. The summed E-state index contributed by atoms with van der Waals surface area (Å²) >= 11 is 5.84. The molecule has 0 saturated carbocycles. The summed E-state index contributed by atoms with van der Waals surface area (Å²) in [7, 11) is 1.37. The van der Waals surface area contributed by atoms with E-state index in [1.807, 2.05) is 25.1 Å². The molecular formula is C13H13ClN2O2. The zero-order valence-electron chi connectivity index (χ0n) is 10.2. The number of aryl methyl sites for hydroxylation is 1. The van der Waals surface area contributed by atoms with E-state index in [2.05, 4.69) is 9.84 Å². The number of aromatic nitrogens is 2. The number of nitrogens with zero attached hydrogens (tertiary/aromatic N) is 2. The minimum Gasteiger partial charge on any atom is -0.469 e. The van der Waals surface area contributed by atoms with Gasteiger partial charge < -0.3 is 4.74 Å². The minimum absolute atomic E-state index is 0.179. The second-order valence-corrected chi connectivity index (χ2v) is 4.35. The van der Waals surface area contributed by atoms with Gasteiger partial charge in [0.25, 0.3) is 0 Å². The summed E-state index contributed by atoms with van der Waals surface area (Å²) in [5, 5.41) is 5.05. The summed E-state index contributed by atoms with van der Waals surface area (Å²) in [6.07, 6.45) is 0.179. The molecule has 0 aliphatic rings. The molecule has 94 valence electrons. The van der Waals surface area contributed by atoms with Crippen molar-refractivity contribution in [3.05, 3.63) is 46.7 Å². The van der Waals surface area contributed by atoms with Gasteiger partial charge in [0.1, 0.15) is 0 Å². The molecule has 0 bridgehead atoms. The summed E-state index contributed by atoms with van der Waals surface area (Å²) in [4.78, 5) is 11.2. The molecule has 0 saturated heterocycles. The predicted molar refractivity (Wildman–Crippen MR) is 69.0 cm³/mol. The molecule has 18 heavy (non-hydrogen) atoms. The molecule has 0 fully saturated rings. The predicted octanol–water partition coefficient (Wildman–Crippen LogP) is 2.55. The lowest BCUT2D eigenvalue weighted by atomic mass is 10.3. The molecule has 0 aliphatic heterocycles. The number of esters is 1. The van der Waals surface area contributed by atoms with Gasteiger partial charge in [0.15, 0.2) is 0 Å². The fourth-order valence-corrected chi connectivity index (χ4v) is 1.81. The van der Waals surface area contributed by atoms with Crippen molar-refractivity contribution in [3.63, 3.8) is 0 Å². The molecule has 0 spiro atoms. The Morgan fingerprint density at radius 3 is 2.67 bits per heavy atom. The molecule has 0 radical (unpaired) electrons. The summed E-state index contributed by atoms with van der Waals surface area (Å²) in [6, 6.07) is 9.23.